The van der Waals surface area contributed by atoms with Gasteiger partial charge in [-0.1, -0.05) is 22.8 Å². The molecule has 0 bridgehead atoms. The van der Waals surface area contributed by atoms with Gasteiger partial charge in [-0.05, 0) is 31.5 Å². The van der Waals surface area contributed by atoms with E-state index in [1.807, 2.05) is 19.9 Å². The van der Waals surface area contributed by atoms with E-state index >= 15 is 0 Å². The second-order valence-corrected chi connectivity index (χ2v) is 4.62. The summed E-state index contributed by atoms with van der Waals surface area (Å²) in [6.07, 6.45) is 0.329. The molecule has 0 aliphatic carbocycles. The molecular formula is C13H18ClN3O2. The Hall–Kier alpha value is -1.75. The molecule has 104 valence electrons. The van der Waals surface area contributed by atoms with Crippen LogP contribution < -0.4 is 5.73 Å². The first kappa shape index (κ1) is 15.3. The number of oxime groups is 1. The van der Waals surface area contributed by atoms with Crippen LogP contribution in [0.1, 0.15) is 29.3 Å². The molecule has 1 aromatic rings. The average Bonchev–Trinajstić information content (AvgIpc) is 2.41. The van der Waals surface area contributed by atoms with Gasteiger partial charge in [0.25, 0.3) is 5.91 Å². The van der Waals surface area contributed by atoms with Crippen molar-refractivity contribution < 1.29 is 10.0 Å². The minimum absolute atomic E-state index is 0.103. The monoisotopic (exact) mass is 283 g/mol. The van der Waals surface area contributed by atoms with Gasteiger partial charge in [-0.15, -0.1) is 0 Å². The molecule has 1 amide bonds. The van der Waals surface area contributed by atoms with Crippen LogP contribution in [0.4, 0.5) is 0 Å². The predicted molar refractivity (Wildman–Crippen MR) is 75.8 cm³/mol. The van der Waals surface area contributed by atoms with E-state index in [2.05, 4.69) is 5.16 Å². The minimum Gasteiger partial charge on any atom is -0.409 e. The first-order chi connectivity index (χ1) is 8.99. The molecule has 0 heterocycles. The van der Waals surface area contributed by atoms with Crippen LogP contribution in [-0.2, 0) is 0 Å². The van der Waals surface area contributed by atoms with E-state index in [0.717, 1.165) is 5.56 Å². The number of amidine groups is 1. The molecule has 6 heteroatoms. The van der Waals surface area contributed by atoms with Crippen molar-refractivity contribution >= 4 is 23.3 Å². The van der Waals surface area contributed by atoms with Crippen LogP contribution in [0.15, 0.2) is 23.4 Å². The van der Waals surface area contributed by atoms with E-state index in [0.29, 0.717) is 30.1 Å². The molecule has 19 heavy (non-hydrogen) atoms. The van der Waals surface area contributed by atoms with Gasteiger partial charge in [0.2, 0.25) is 0 Å². The van der Waals surface area contributed by atoms with Crippen molar-refractivity contribution in [2.75, 3.05) is 13.1 Å². The fraction of sp³-hybridized carbons (Fsp3) is 0.385. The summed E-state index contributed by atoms with van der Waals surface area (Å²) in [5.41, 5.74) is 6.86. The fourth-order valence-corrected chi connectivity index (χ4v) is 1.87. The van der Waals surface area contributed by atoms with E-state index < -0.39 is 0 Å². The van der Waals surface area contributed by atoms with Crippen LogP contribution >= 0.6 is 11.6 Å². The maximum atomic E-state index is 12.4. The zero-order valence-corrected chi connectivity index (χ0v) is 11.8. The highest BCUT2D eigenvalue weighted by molar-refractivity contribution is 6.31. The van der Waals surface area contributed by atoms with Crippen molar-refractivity contribution in [1.29, 1.82) is 0 Å². The van der Waals surface area contributed by atoms with Crippen LogP contribution in [0.25, 0.3) is 0 Å². The largest absolute Gasteiger partial charge is 0.409 e. The number of carbonyl (C=O) groups excluding carboxylic acids is 1. The molecule has 0 saturated heterocycles. The number of hydrogen-bond donors (Lipinski definition) is 2. The summed E-state index contributed by atoms with van der Waals surface area (Å²) in [6.45, 7) is 4.69. The topological polar surface area (TPSA) is 78.9 Å². The number of halogens is 1. The fourth-order valence-electron chi connectivity index (χ4n) is 1.70. The van der Waals surface area contributed by atoms with Crippen LogP contribution in [-0.4, -0.2) is 34.9 Å². The van der Waals surface area contributed by atoms with Crippen molar-refractivity contribution in [1.82, 2.24) is 4.90 Å². The Balaban J connectivity index is 2.86. The van der Waals surface area contributed by atoms with Crippen molar-refractivity contribution in [2.45, 2.75) is 20.3 Å². The Morgan fingerprint density at radius 1 is 1.53 bits per heavy atom. The summed E-state index contributed by atoms with van der Waals surface area (Å²) in [5.74, 6) is 0.00214. The second-order valence-electron chi connectivity index (χ2n) is 4.19. The van der Waals surface area contributed by atoms with E-state index in [1.54, 1.807) is 17.0 Å². The maximum Gasteiger partial charge on any atom is 0.254 e. The normalized spacial score (nSPS) is 11.4. The number of amides is 1. The third-order valence-electron chi connectivity index (χ3n) is 2.87. The van der Waals surface area contributed by atoms with Crippen molar-refractivity contribution in [3.05, 3.63) is 34.3 Å². The highest BCUT2D eigenvalue weighted by atomic mass is 35.5. The third kappa shape index (κ3) is 4.13. The van der Waals surface area contributed by atoms with Crippen LogP contribution in [0.2, 0.25) is 5.02 Å². The lowest BCUT2D eigenvalue weighted by atomic mass is 10.1. The number of benzene rings is 1. The summed E-state index contributed by atoms with van der Waals surface area (Å²) in [4.78, 5) is 14.0. The lowest BCUT2D eigenvalue weighted by Gasteiger charge is -2.21. The Kier molecular flexibility index (Phi) is 5.63. The number of aryl methyl sites for hydroxylation is 1. The van der Waals surface area contributed by atoms with E-state index in [-0.39, 0.29) is 11.7 Å². The number of hydrogen-bond acceptors (Lipinski definition) is 3. The molecule has 3 N–H and O–H groups in total. The first-order valence-corrected chi connectivity index (χ1v) is 6.39. The standard InChI is InChI=1S/C13H18ClN3O2/c1-3-17(7-6-12(15)16-19)13(18)11-8-10(14)5-4-9(11)2/h4-5,8,19H,3,6-7H2,1-2H3,(H2,15,16). The van der Waals surface area contributed by atoms with Crippen molar-refractivity contribution in [2.24, 2.45) is 10.9 Å². The molecule has 0 spiro atoms. The molecule has 1 rings (SSSR count). The third-order valence-corrected chi connectivity index (χ3v) is 3.10. The Bertz CT molecular complexity index is 489. The van der Waals surface area contributed by atoms with Gasteiger partial charge in [0, 0.05) is 30.1 Å². The zero-order valence-electron chi connectivity index (χ0n) is 11.1. The molecule has 0 saturated carbocycles. The van der Waals surface area contributed by atoms with E-state index in [1.165, 1.54) is 0 Å². The Morgan fingerprint density at radius 2 is 2.21 bits per heavy atom. The molecule has 5 nitrogen and oxygen atoms in total. The SMILES string of the molecule is CCN(CC/C(N)=N/O)C(=O)c1cc(Cl)ccc1C. The predicted octanol–water partition coefficient (Wildman–Crippen LogP) is 2.25. The van der Waals surface area contributed by atoms with Crippen LogP contribution in [0.3, 0.4) is 0 Å². The van der Waals surface area contributed by atoms with Crippen molar-refractivity contribution in [3.8, 4) is 0 Å². The van der Waals surface area contributed by atoms with Crippen LogP contribution in [0.5, 0.6) is 0 Å². The van der Waals surface area contributed by atoms with Gasteiger partial charge >= 0.3 is 0 Å². The van der Waals surface area contributed by atoms with Gasteiger partial charge in [-0.3, -0.25) is 4.79 Å². The highest BCUT2D eigenvalue weighted by Crippen LogP contribution is 2.17. The molecule has 0 aliphatic heterocycles. The average molecular weight is 284 g/mol. The summed E-state index contributed by atoms with van der Waals surface area (Å²) < 4.78 is 0. The highest BCUT2D eigenvalue weighted by Gasteiger charge is 2.16. The molecular weight excluding hydrogens is 266 g/mol. The van der Waals surface area contributed by atoms with Gasteiger partial charge in [0.15, 0.2) is 0 Å². The van der Waals surface area contributed by atoms with Crippen LogP contribution in [0, 0.1) is 6.92 Å². The summed E-state index contributed by atoms with van der Waals surface area (Å²) in [6, 6.07) is 5.22. The number of carbonyl (C=O) groups is 1. The molecule has 0 unspecified atom stereocenters. The number of nitrogens with two attached hydrogens (primary N) is 1. The molecule has 0 aliphatic rings. The molecule has 0 aromatic heterocycles. The summed E-state index contributed by atoms with van der Waals surface area (Å²) >= 11 is 5.92. The second kappa shape index (κ2) is 6.99. The minimum atomic E-state index is -0.103. The maximum absolute atomic E-state index is 12.4. The Morgan fingerprint density at radius 3 is 2.79 bits per heavy atom. The first-order valence-electron chi connectivity index (χ1n) is 6.01. The van der Waals surface area contributed by atoms with E-state index in [4.69, 9.17) is 22.5 Å². The molecule has 0 radical (unpaired) electrons. The lowest BCUT2D eigenvalue weighted by molar-refractivity contribution is 0.0767. The Labute approximate surface area is 117 Å². The smallest absolute Gasteiger partial charge is 0.254 e. The van der Waals surface area contributed by atoms with Gasteiger partial charge in [-0.25, -0.2) is 0 Å². The van der Waals surface area contributed by atoms with Gasteiger partial charge in [-0.2, -0.15) is 0 Å². The molecule has 0 fully saturated rings. The van der Waals surface area contributed by atoms with E-state index in [9.17, 15) is 4.79 Å². The zero-order chi connectivity index (χ0) is 14.4. The van der Waals surface area contributed by atoms with Gasteiger partial charge in [0.1, 0.15) is 5.84 Å². The van der Waals surface area contributed by atoms with Gasteiger partial charge in [0.05, 0.1) is 0 Å². The molecule has 1 aromatic carbocycles. The summed E-state index contributed by atoms with van der Waals surface area (Å²) in [5, 5.41) is 11.9. The van der Waals surface area contributed by atoms with Crippen molar-refractivity contribution in [3.63, 3.8) is 0 Å². The number of rotatable bonds is 5. The summed E-state index contributed by atoms with van der Waals surface area (Å²) in [7, 11) is 0. The molecule has 0 atom stereocenters. The van der Waals surface area contributed by atoms with Gasteiger partial charge < -0.3 is 15.8 Å². The quantitative estimate of drug-likeness (QED) is 0.376. The number of nitrogens with zero attached hydrogens (tertiary/aromatic N) is 2. The lowest BCUT2D eigenvalue weighted by Crippen LogP contribution is -2.34.